The van der Waals surface area contributed by atoms with E-state index in [1.165, 1.54) is 6.20 Å². The molecule has 0 radical (unpaired) electrons. The predicted octanol–water partition coefficient (Wildman–Crippen LogP) is 1.95. The summed E-state index contributed by atoms with van der Waals surface area (Å²) in [6.07, 6.45) is 1.49. The predicted molar refractivity (Wildman–Crippen MR) is 78.0 cm³/mol. The number of sulfonamides is 1. The highest BCUT2D eigenvalue weighted by molar-refractivity contribution is 7.89. The molecule has 7 heteroatoms. The van der Waals surface area contributed by atoms with Crippen LogP contribution in [0.25, 0.3) is 0 Å². The van der Waals surface area contributed by atoms with Gasteiger partial charge in [0.15, 0.2) is 5.03 Å². The zero-order valence-corrected chi connectivity index (χ0v) is 12.9. The van der Waals surface area contributed by atoms with Gasteiger partial charge in [0.1, 0.15) is 5.82 Å². The average molecular weight is 314 g/mol. The molecule has 2 rings (SSSR count). The highest BCUT2D eigenvalue weighted by Crippen LogP contribution is 2.11. The summed E-state index contributed by atoms with van der Waals surface area (Å²) in [4.78, 5) is 4.02. The van der Waals surface area contributed by atoms with E-state index < -0.39 is 10.0 Å². The molecule has 1 heterocycles. The highest BCUT2D eigenvalue weighted by Gasteiger charge is 2.17. The number of aryl methyl sites for hydroxylation is 2. The fraction of sp³-hybridized carbons (Fsp3) is 0.308. The SMILES string of the molecule is Cc1nc(S(=O)(=O)NCc2cccc(CCl)c2)cn1C. The van der Waals surface area contributed by atoms with Gasteiger partial charge < -0.3 is 4.57 Å². The number of rotatable bonds is 5. The minimum Gasteiger partial charge on any atom is -0.337 e. The number of aromatic nitrogens is 2. The van der Waals surface area contributed by atoms with Crippen molar-refractivity contribution in [1.82, 2.24) is 14.3 Å². The van der Waals surface area contributed by atoms with Gasteiger partial charge in [-0.2, -0.15) is 0 Å². The van der Waals surface area contributed by atoms with Crippen LogP contribution in [0.2, 0.25) is 0 Å². The molecule has 0 aliphatic carbocycles. The molecule has 0 aliphatic heterocycles. The molecule has 1 N–H and O–H groups in total. The molecule has 0 bridgehead atoms. The van der Waals surface area contributed by atoms with E-state index in [0.717, 1.165) is 11.1 Å². The number of hydrogen-bond donors (Lipinski definition) is 1. The largest absolute Gasteiger partial charge is 0.337 e. The Morgan fingerprint density at radius 2 is 2.05 bits per heavy atom. The van der Waals surface area contributed by atoms with Crippen LogP contribution in [0.15, 0.2) is 35.5 Å². The lowest BCUT2D eigenvalue weighted by Crippen LogP contribution is -2.23. The number of alkyl halides is 1. The molecular formula is C13H16ClN3O2S. The number of nitrogens with one attached hydrogen (secondary N) is 1. The van der Waals surface area contributed by atoms with Gasteiger partial charge in [-0.25, -0.2) is 18.1 Å². The summed E-state index contributed by atoms with van der Waals surface area (Å²) in [5, 5.41) is 0.0333. The summed E-state index contributed by atoms with van der Waals surface area (Å²) >= 11 is 5.75. The first-order valence-electron chi connectivity index (χ1n) is 6.06. The normalized spacial score (nSPS) is 11.8. The smallest absolute Gasteiger partial charge is 0.259 e. The number of benzene rings is 1. The Morgan fingerprint density at radius 3 is 2.65 bits per heavy atom. The maximum absolute atomic E-state index is 12.1. The zero-order chi connectivity index (χ0) is 14.8. The molecule has 5 nitrogen and oxygen atoms in total. The number of halogens is 1. The van der Waals surface area contributed by atoms with E-state index in [-0.39, 0.29) is 11.6 Å². The molecule has 0 saturated heterocycles. The van der Waals surface area contributed by atoms with Crippen molar-refractivity contribution in [3.05, 3.63) is 47.4 Å². The molecule has 2 aromatic rings. The lowest BCUT2D eigenvalue weighted by Gasteiger charge is -2.05. The molecule has 20 heavy (non-hydrogen) atoms. The fourth-order valence-corrected chi connectivity index (χ4v) is 2.95. The van der Waals surface area contributed by atoms with Crippen LogP contribution in [-0.2, 0) is 29.5 Å². The minimum atomic E-state index is -3.59. The lowest BCUT2D eigenvalue weighted by molar-refractivity contribution is 0.578. The van der Waals surface area contributed by atoms with Gasteiger partial charge in [0.25, 0.3) is 10.0 Å². The second kappa shape index (κ2) is 5.95. The van der Waals surface area contributed by atoms with Gasteiger partial charge in [-0.15, -0.1) is 11.6 Å². The minimum absolute atomic E-state index is 0.0333. The zero-order valence-electron chi connectivity index (χ0n) is 11.3. The van der Waals surface area contributed by atoms with E-state index in [2.05, 4.69) is 9.71 Å². The Labute approximate surface area is 123 Å². The first-order valence-corrected chi connectivity index (χ1v) is 8.07. The topological polar surface area (TPSA) is 64.0 Å². The van der Waals surface area contributed by atoms with E-state index in [1.807, 2.05) is 24.3 Å². The fourth-order valence-electron chi connectivity index (χ4n) is 1.73. The van der Waals surface area contributed by atoms with Crippen molar-refractivity contribution in [2.75, 3.05) is 0 Å². The maximum atomic E-state index is 12.1. The maximum Gasteiger partial charge on any atom is 0.259 e. The van der Waals surface area contributed by atoms with E-state index in [1.54, 1.807) is 18.5 Å². The second-order valence-corrected chi connectivity index (χ2v) is 6.50. The molecule has 0 fully saturated rings. The Kier molecular flexibility index (Phi) is 4.47. The Hall–Kier alpha value is -1.37. The lowest BCUT2D eigenvalue weighted by atomic mass is 10.1. The molecular weight excluding hydrogens is 298 g/mol. The first kappa shape index (κ1) is 15.0. The number of nitrogens with zero attached hydrogens (tertiary/aromatic N) is 2. The monoisotopic (exact) mass is 313 g/mol. The number of hydrogen-bond acceptors (Lipinski definition) is 3. The Bertz CT molecular complexity index is 691. The third-order valence-electron chi connectivity index (χ3n) is 2.97. The standard InChI is InChI=1S/C13H16ClN3O2S/c1-10-16-13(9-17(10)2)20(18,19)15-8-12-5-3-4-11(6-12)7-14/h3-6,9,15H,7-8H2,1-2H3. The van der Waals surface area contributed by atoms with Gasteiger partial charge in [0.2, 0.25) is 0 Å². The van der Waals surface area contributed by atoms with Crippen molar-refractivity contribution >= 4 is 21.6 Å². The Balaban J connectivity index is 2.12. The van der Waals surface area contributed by atoms with Crippen LogP contribution in [0.5, 0.6) is 0 Å². The van der Waals surface area contributed by atoms with Gasteiger partial charge in [-0.05, 0) is 18.1 Å². The molecule has 1 aromatic carbocycles. The summed E-state index contributed by atoms with van der Waals surface area (Å²) in [5.74, 6) is 1.05. The van der Waals surface area contributed by atoms with Crippen LogP contribution in [0.3, 0.4) is 0 Å². The summed E-state index contributed by atoms with van der Waals surface area (Å²) in [6.45, 7) is 1.96. The Morgan fingerprint density at radius 1 is 1.35 bits per heavy atom. The van der Waals surface area contributed by atoms with Crippen molar-refractivity contribution in [3.8, 4) is 0 Å². The van der Waals surface area contributed by atoms with Crippen molar-refractivity contribution in [1.29, 1.82) is 0 Å². The first-order chi connectivity index (χ1) is 9.42. The van der Waals surface area contributed by atoms with Crippen molar-refractivity contribution in [3.63, 3.8) is 0 Å². The van der Waals surface area contributed by atoms with Crippen molar-refractivity contribution < 1.29 is 8.42 Å². The van der Waals surface area contributed by atoms with Crippen LogP contribution in [0.4, 0.5) is 0 Å². The third kappa shape index (κ3) is 3.39. The molecule has 0 saturated carbocycles. The van der Waals surface area contributed by atoms with Crippen LogP contribution in [0.1, 0.15) is 17.0 Å². The van der Waals surface area contributed by atoms with Crippen molar-refractivity contribution in [2.45, 2.75) is 24.4 Å². The van der Waals surface area contributed by atoms with E-state index in [0.29, 0.717) is 11.7 Å². The highest BCUT2D eigenvalue weighted by atomic mass is 35.5. The second-order valence-electron chi connectivity index (χ2n) is 4.52. The summed E-state index contributed by atoms with van der Waals surface area (Å²) < 4.78 is 28.4. The van der Waals surface area contributed by atoms with Crippen molar-refractivity contribution in [2.24, 2.45) is 7.05 Å². The molecule has 0 aliphatic rings. The summed E-state index contributed by atoms with van der Waals surface area (Å²) in [6, 6.07) is 7.47. The van der Waals surface area contributed by atoms with Crippen LogP contribution >= 0.6 is 11.6 Å². The molecule has 0 amide bonds. The van der Waals surface area contributed by atoms with E-state index in [4.69, 9.17) is 11.6 Å². The summed E-state index contributed by atoms with van der Waals surface area (Å²) in [5.41, 5.74) is 1.82. The van der Waals surface area contributed by atoms with Gasteiger partial charge >= 0.3 is 0 Å². The summed E-state index contributed by atoms with van der Waals surface area (Å²) in [7, 11) is -1.84. The number of imidazole rings is 1. The van der Waals surface area contributed by atoms with E-state index in [9.17, 15) is 8.42 Å². The van der Waals surface area contributed by atoms with Crippen LogP contribution in [-0.4, -0.2) is 18.0 Å². The molecule has 108 valence electrons. The van der Waals surface area contributed by atoms with Gasteiger partial charge in [0, 0.05) is 25.7 Å². The third-order valence-corrected chi connectivity index (χ3v) is 4.55. The molecule has 1 aromatic heterocycles. The van der Waals surface area contributed by atoms with Gasteiger partial charge in [0.05, 0.1) is 0 Å². The van der Waals surface area contributed by atoms with E-state index >= 15 is 0 Å². The molecule has 0 atom stereocenters. The van der Waals surface area contributed by atoms with Crippen LogP contribution < -0.4 is 4.72 Å². The quantitative estimate of drug-likeness (QED) is 0.858. The molecule has 0 unspecified atom stereocenters. The van der Waals surface area contributed by atoms with Gasteiger partial charge in [-0.1, -0.05) is 24.3 Å². The van der Waals surface area contributed by atoms with Gasteiger partial charge in [-0.3, -0.25) is 0 Å². The average Bonchev–Trinajstić information content (AvgIpc) is 2.78. The molecule has 0 spiro atoms. The van der Waals surface area contributed by atoms with Crippen LogP contribution in [0, 0.1) is 6.92 Å².